The van der Waals surface area contributed by atoms with Crippen LogP contribution in [0.15, 0.2) is 176 Å². The quantitative estimate of drug-likeness (QED) is 0.158. The predicted octanol–water partition coefficient (Wildman–Crippen LogP) is 16.0. The summed E-state index contributed by atoms with van der Waals surface area (Å²) in [6.45, 7) is 11.3. The largest absolute Gasteiger partial charge is 0.309 e. The van der Waals surface area contributed by atoms with Crippen LogP contribution in [-0.2, 0) is 5.41 Å². The van der Waals surface area contributed by atoms with Gasteiger partial charge in [-0.15, -0.1) is 0 Å². The summed E-state index contributed by atoms with van der Waals surface area (Å²) in [7, 11) is 0. The highest BCUT2D eigenvalue weighted by Gasteiger charge is 2.21. The number of benzene rings is 10. The van der Waals surface area contributed by atoms with Crippen molar-refractivity contribution < 1.29 is 0 Å². The van der Waals surface area contributed by atoms with Crippen LogP contribution in [-0.4, -0.2) is 9.13 Å². The number of hydrogen-bond acceptors (Lipinski definition) is 0. The molecule has 0 bridgehead atoms. The van der Waals surface area contributed by atoms with E-state index in [0.29, 0.717) is 0 Å². The van der Waals surface area contributed by atoms with Gasteiger partial charge < -0.3 is 9.13 Å². The fourth-order valence-electron chi connectivity index (χ4n) is 10.1. The highest BCUT2D eigenvalue weighted by atomic mass is 15.0. The van der Waals surface area contributed by atoms with Crippen LogP contribution in [0.25, 0.3) is 110 Å². The summed E-state index contributed by atoms with van der Waals surface area (Å²) < 4.78 is 4.83. The third-order valence-corrected chi connectivity index (χ3v) is 13.1. The Kier molecular flexibility index (Phi) is 7.36. The SMILES string of the molecule is Cc1ccc2c(c1)c1ccccc1n2-c1ccc(-c2cc(-c3ccc(-n4c5ccccc5c5cc(C)ccc54)cc3)c3ccc4cc(C(C)(C)C)cc5ccc2c3c54)cc1. The van der Waals surface area contributed by atoms with Gasteiger partial charge in [-0.25, -0.2) is 0 Å². The summed E-state index contributed by atoms with van der Waals surface area (Å²) in [4.78, 5) is 0. The number of aromatic nitrogens is 2. The van der Waals surface area contributed by atoms with E-state index in [0.717, 1.165) is 11.4 Å². The fraction of sp³-hybridized carbons (Fsp3) is 0.103. The van der Waals surface area contributed by atoms with Crippen LogP contribution in [0.4, 0.5) is 0 Å². The van der Waals surface area contributed by atoms with Gasteiger partial charge >= 0.3 is 0 Å². The number of nitrogens with zero attached hydrogens (tertiary/aromatic N) is 2. The van der Waals surface area contributed by atoms with Gasteiger partial charge in [0.05, 0.1) is 22.1 Å². The van der Waals surface area contributed by atoms with Crippen molar-refractivity contribution >= 4 is 75.9 Å². The normalized spacial score (nSPS) is 12.4. The molecular weight excluding hydrogens is 725 g/mol. The molecule has 0 amide bonds. The van der Waals surface area contributed by atoms with Crippen LogP contribution < -0.4 is 0 Å². The van der Waals surface area contributed by atoms with Crippen LogP contribution in [0.5, 0.6) is 0 Å². The van der Waals surface area contributed by atoms with Crippen LogP contribution in [0.1, 0.15) is 37.5 Å². The highest BCUT2D eigenvalue weighted by molar-refractivity contribution is 6.28. The second-order valence-electron chi connectivity index (χ2n) is 18.0. The third-order valence-electron chi connectivity index (χ3n) is 13.1. The molecule has 0 atom stereocenters. The van der Waals surface area contributed by atoms with Crippen molar-refractivity contribution in [2.45, 2.75) is 40.0 Å². The van der Waals surface area contributed by atoms with Gasteiger partial charge in [0.2, 0.25) is 0 Å². The van der Waals surface area contributed by atoms with E-state index in [1.165, 1.54) is 115 Å². The molecule has 0 spiro atoms. The van der Waals surface area contributed by atoms with Gasteiger partial charge in [-0.2, -0.15) is 0 Å². The molecule has 2 aromatic heterocycles. The predicted molar refractivity (Wildman–Crippen MR) is 258 cm³/mol. The monoisotopic (exact) mass is 768 g/mol. The zero-order chi connectivity index (χ0) is 40.4. The Hall–Kier alpha value is -7.16. The molecule has 286 valence electrons. The molecule has 2 heteroatoms. The lowest BCUT2D eigenvalue weighted by Crippen LogP contribution is -2.10. The zero-order valence-corrected chi connectivity index (χ0v) is 34.6. The minimum absolute atomic E-state index is 0.0503. The van der Waals surface area contributed by atoms with Gasteiger partial charge in [0.1, 0.15) is 0 Å². The van der Waals surface area contributed by atoms with Gasteiger partial charge in [0.15, 0.2) is 0 Å². The summed E-state index contributed by atoms with van der Waals surface area (Å²) in [5.74, 6) is 0. The standard InChI is InChI=1S/C58H44N2/c1-35-14-28-54-50(30-35)44-10-6-8-12-52(44)59(54)42-22-16-37(17-23-42)48-34-49(47-27-21-40-33-41(58(3,4)5)32-39-20-26-46(48)57(47)56(39)40)38-18-24-43(25-19-38)60-53-13-9-7-11-45(53)51-31-36(2)15-29-55(51)60/h6-34H,1-5H3. The van der Waals surface area contributed by atoms with E-state index in [9.17, 15) is 0 Å². The molecule has 0 saturated heterocycles. The van der Waals surface area contributed by atoms with Crippen molar-refractivity contribution in [3.05, 3.63) is 193 Å². The summed E-state index contributed by atoms with van der Waals surface area (Å²) >= 11 is 0. The Balaban J connectivity index is 1.06. The maximum atomic E-state index is 2.44. The second-order valence-corrected chi connectivity index (χ2v) is 18.0. The minimum atomic E-state index is 0.0503. The molecule has 0 saturated carbocycles. The summed E-state index contributed by atoms with van der Waals surface area (Å²) in [5, 5.41) is 13.0. The Labute approximate surface area is 349 Å². The molecule has 0 unspecified atom stereocenters. The Morgan fingerprint density at radius 2 is 0.783 bits per heavy atom. The van der Waals surface area contributed by atoms with E-state index in [-0.39, 0.29) is 5.41 Å². The third kappa shape index (κ3) is 5.13. The van der Waals surface area contributed by atoms with Gasteiger partial charge in [-0.3, -0.25) is 0 Å². The lowest BCUT2D eigenvalue weighted by molar-refractivity contribution is 0.591. The molecule has 0 aliphatic rings. The van der Waals surface area contributed by atoms with Crippen molar-refractivity contribution in [1.82, 2.24) is 9.13 Å². The molecule has 2 heterocycles. The van der Waals surface area contributed by atoms with Gasteiger partial charge in [-0.1, -0.05) is 141 Å². The molecule has 10 aromatic carbocycles. The van der Waals surface area contributed by atoms with E-state index in [2.05, 4.69) is 220 Å². The lowest BCUT2D eigenvalue weighted by Gasteiger charge is -2.23. The first-order chi connectivity index (χ1) is 29.2. The molecule has 12 rings (SSSR count). The van der Waals surface area contributed by atoms with E-state index in [1.54, 1.807) is 0 Å². The summed E-state index contributed by atoms with van der Waals surface area (Å²) in [5.41, 5.74) is 16.1. The van der Waals surface area contributed by atoms with Gasteiger partial charge in [-0.05, 0) is 146 Å². The summed E-state index contributed by atoms with van der Waals surface area (Å²) in [6, 6.07) is 66.4. The fourth-order valence-corrected chi connectivity index (χ4v) is 10.1. The van der Waals surface area contributed by atoms with Crippen LogP contribution in [0, 0.1) is 13.8 Å². The molecule has 0 radical (unpaired) electrons. The maximum absolute atomic E-state index is 2.44. The van der Waals surface area contributed by atoms with Gasteiger partial charge in [0.25, 0.3) is 0 Å². The van der Waals surface area contributed by atoms with Crippen LogP contribution >= 0.6 is 0 Å². The molecule has 12 aromatic rings. The first-order valence-corrected chi connectivity index (χ1v) is 21.2. The highest BCUT2D eigenvalue weighted by Crippen LogP contribution is 2.46. The lowest BCUT2D eigenvalue weighted by atomic mass is 9.81. The summed E-state index contributed by atoms with van der Waals surface area (Å²) in [6.07, 6.45) is 0. The van der Waals surface area contributed by atoms with E-state index in [4.69, 9.17) is 0 Å². The van der Waals surface area contributed by atoms with E-state index < -0.39 is 0 Å². The topological polar surface area (TPSA) is 9.86 Å². The minimum Gasteiger partial charge on any atom is -0.309 e. The average molecular weight is 769 g/mol. The van der Waals surface area contributed by atoms with Crippen LogP contribution in [0.2, 0.25) is 0 Å². The van der Waals surface area contributed by atoms with Crippen molar-refractivity contribution in [3.8, 4) is 33.6 Å². The van der Waals surface area contributed by atoms with Gasteiger partial charge in [0, 0.05) is 32.9 Å². The van der Waals surface area contributed by atoms with Crippen molar-refractivity contribution in [3.63, 3.8) is 0 Å². The number of aryl methyl sites for hydroxylation is 2. The van der Waals surface area contributed by atoms with Crippen molar-refractivity contribution in [1.29, 1.82) is 0 Å². The van der Waals surface area contributed by atoms with E-state index in [1.807, 2.05) is 0 Å². The van der Waals surface area contributed by atoms with E-state index >= 15 is 0 Å². The number of para-hydroxylation sites is 2. The Morgan fingerprint density at radius 3 is 1.23 bits per heavy atom. The second kappa shape index (κ2) is 12.7. The average Bonchev–Trinajstić information content (AvgIpc) is 3.77. The van der Waals surface area contributed by atoms with Crippen molar-refractivity contribution in [2.75, 3.05) is 0 Å². The zero-order valence-electron chi connectivity index (χ0n) is 34.6. The molecule has 60 heavy (non-hydrogen) atoms. The maximum Gasteiger partial charge on any atom is 0.0541 e. The van der Waals surface area contributed by atoms with Crippen LogP contribution in [0.3, 0.4) is 0 Å². The molecule has 0 aliphatic carbocycles. The molecule has 0 N–H and O–H groups in total. The first kappa shape index (κ1) is 34.8. The Bertz CT molecular complexity index is 3450. The van der Waals surface area contributed by atoms with Crippen molar-refractivity contribution in [2.24, 2.45) is 0 Å². The smallest absolute Gasteiger partial charge is 0.0541 e. The number of hydrogen-bond donors (Lipinski definition) is 0. The molecule has 2 nitrogen and oxygen atoms in total. The number of fused-ring (bicyclic) bond motifs is 6. The molecule has 0 aliphatic heterocycles. The first-order valence-electron chi connectivity index (χ1n) is 21.2. The molecule has 0 fully saturated rings. The Morgan fingerprint density at radius 1 is 0.350 bits per heavy atom. The number of rotatable bonds is 4. The molecular formula is C58H44N2.